The number of hydrogen-bond acceptors (Lipinski definition) is 5. The van der Waals surface area contributed by atoms with Gasteiger partial charge in [0.1, 0.15) is 6.61 Å². The molecule has 0 bridgehead atoms. The highest BCUT2D eigenvalue weighted by Gasteiger charge is 2.32. The summed E-state index contributed by atoms with van der Waals surface area (Å²) in [4.78, 5) is 51.1. The number of Topliss-reactive ketones (excluding diaryl/α,β-unsaturated/α-hetero) is 1. The molecule has 0 aromatic heterocycles. The number of fused-ring (bicyclic) bond motifs is 3. The Balaban J connectivity index is 1.40. The number of ether oxygens (including phenoxy) is 1. The number of benzene rings is 3. The van der Waals surface area contributed by atoms with Crippen molar-refractivity contribution in [3.8, 4) is 11.1 Å². The first kappa shape index (κ1) is 33.2. The number of halogens is 1. The average molecular weight is 710 g/mol. The molecule has 1 aliphatic carbocycles. The van der Waals surface area contributed by atoms with E-state index >= 15 is 0 Å². The van der Waals surface area contributed by atoms with Gasteiger partial charge in [0.15, 0.2) is 5.78 Å². The molecule has 232 valence electrons. The lowest BCUT2D eigenvalue weighted by Crippen LogP contribution is -2.46. The fraction of sp³-hybridized carbons (Fsp3) is 0.371. The number of alkyl halides is 1. The quantitative estimate of drug-likeness (QED) is 0.0810. The summed E-state index contributed by atoms with van der Waals surface area (Å²) in [5, 5.41) is 5.44. The summed E-state index contributed by atoms with van der Waals surface area (Å²) in [6, 6.07) is 22.7. The molecule has 3 aromatic rings. The average Bonchev–Trinajstić information content (AvgIpc) is 3.33. The summed E-state index contributed by atoms with van der Waals surface area (Å²) in [6.45, 7) is 4.23. The largest absolute Gasteiger partial charge is 0.465 e. The first-order chi connectivity index (χ1) is 21.2. The lowest BCUT2D eigenvalue weighted by atomic mass is 9.90. The first-order valence-corrected chi connectivity index (χ1v) is 16.5. The lowest BCUT2D eigenvalue weighted by Gasteiger charge is -2.24. The molecule has 9 heteroatoms. The maximum atomic E-state index is 13.5. The van der Waals surface area contributed by atoms with Gasteiger partial charge in [0.2, 0.25) is 5.91 Å². The van der Waals surface area contributed by atoms with Crippen molar-refractivity contribution < 1.29 is 23.9 Å². The third kappa shape index (κ3) is 8.68. The van der Waals surface area contributed by atoms with Crippen molar-refractivity contribution >= 4 is 46.3 Å². The molecule has 0 fully saturated rings. The third-order valence-electron chi connectivity index (χ3n) is 8.13. The van der Waals surface area contributed by atoms with Crippen LogP contribution in [0.1, 0.15) is 61.3 Å². The first-order valence-electron chi connectivity index (χ1n) is 15.0. The monoisotopic (exact) mass is 709 g/mol. The van der Waals surface area contributed by atoms with Gasteiger partial charge in [-0.25, -0.2) is 4.79 Å². The molecule has 4 rings (SSSR count). The molecule has 3 aromatic carbocycles. The second kappa shape index (κ2) is 15.8. The number of nitrogens with one attached hydrogen (secondary N) is 2. The Kier molecular flexibility index (Phi) is 11.9. The number of ketones is 1. The topological polar surface area (TPSA) is 128 Å². The Morgan fingerprint density at radius 3 is 2.05 bits per heavy atom. The zero-order chi connectivity index (χ0) is 31.6. The summed E-state index contributed by atoms with van der Waals surface area (Å²) < 4.78 is 6.66. The SMILES string of the molecule is CC(C)[C@H](CC(=O)OCC1c2ccccc2-c2ccccc21)C(=O)N[C@H](CCCNC(N)=O)C(=O)Cc1ccc(CI)cc1. The number of amides is 3. The van der Waals surface area contributed by atoms with Crippen molar-refractivity contribution in [3.63, 3.8) is 0 Å². The molecule has 2 atom stereocenters. The Morgan fingerprint density at radius 2 is 1.48 bits per heavy atom. The van der Waals surface area contributed by atoms with Gasteiger partial charge < -0.3 is 21.1 Å². The van der Waals surface area contributed by atoms with Crippen LogP contribution in [0.2, 0.25) is 0 Å². The standard InChI is InChI=1S/C35H40IN3O5/c1-22(2)29(19-33(41)44-21-30-27-10-5-3-8-25(27)26-9-4-6-11-28(26)30)34(42)39-31(12-7-17-38-35(37)43)32(40)18-23-13-15-24(20-36)16-14-23/h3-6,8-11,13-16,22,29-31H,7,12,17-21H2,1-2H3,(H,39,42)(H3,37,38,43)/t29-,31+/m0/s1. The van der Waals surface area contributed by atoms with Crippen LogP contribution in [0.25, 0.3) is 11.1 Å². The summed E-state index contributed by atoms with van der Waals surface area (Å²) in [6.07, 6.45) is 0.842. The Hall–Kier alpha value is -3.73. The molecular formula is C35H40IN3O5. The Morgan fingerprint density at radius 1 is 0.886 bits per heavy atom. The van der Waals surface area contributed by atoms with Crippen LogP contribution in [-0.4, -0.2) is 42.9 Å². The minimum Gasteiger partial charge on any atom is -0.465 e. The number of carbonyl (C=O) groups excluding carboxylic acids is 4. The van der Waals surface area contributed by atoms with E-state index in [0.717, 1.165) is 37.8 Å². The zero-order valence-corrected chi connectivity index (χ0v) is 27.3. The maximum absolute atomic E-state index is 13.5. The van der Waals surface area contributed by atoms with Crippen LogP contribution in [0, 0.1) is 11.8 Å². The van der Waals surface area contributed by atoms with Crippen LogP contribution in [-0.2, 0) is 30.0 Å². The van der Waals surface area contributed by atoms with Gasteiger partial charge in [0.05, 0.1) is 18.4 Å². The van der Waals surface area contributed by atoms with E-state index < -0.39 is 24.0 Å². The van der Waals surface area contributed by atoms with Crippen molar-refractivity contribution in [2.24, 2.45) is 17.6 Å². The highest BCUT2D eigenvalue weighted by Crippen LogP contribution is 2.44. The van der Waals surface area contributed by atoms with Crippen LogP contribution in [0.15, 0.2) is 72.8 Å². The van der Waals surface area contributed by atoms with Crippen LogP contribution >= 0.6 is 22.6 Å². The fourth-order valence-electron chi connectivity index (χ4n) is 5.67. The smallest absolute Gasteiger partial charge is 0.312 e. The van der Waals surface area contributed by atoms with E-state index in [1.807, 2.05) is 62.4 Å². The zero-order valence-electron chi connectivity index (χ0n) is 25.2. The molecule has 0 saturated carbocycles. The van der Waals surface area contributed by atoms with Gasteiger partial charge in [0, 0.05) is 23.3 Å². The Labute approximate surface area is 272 Å². The Bertz CT molecular complexity index is 1430. The van der Waals surface area contributed by atoms with Gasteiger partial charge in [-0.15, -0.1) is 0 Å². The number of primary amides is 1. The predicted octanol–water partition coefficient (Wildman–Crippen LogP) is 5.68. The maximum Gasteiger partial charge on any atom is 0.312 e. The number of urea groups is 1. The van der Waals surface area contributed by atoms with E-state index in [4.69, 9.17) is 10.5 Å². The van der Waals surface area contributed by atoms with Crippen LogP contribution in [0.3, 0.4) is 0 Å². The summed E-state index contributed by atoms with van der Waals surface area (Å²) in [5.74, 6) is -1.86. The summed E-state index contributed by atoms with van der Waals surface area (Å²) >= 11 is 2.29. The van der Waals surface area contributed by atoms with Gasteiger partial charge in [0.25, 0.3) is 0 Å². The molecule has 4 N–H and O–H groups in total. The molecule has 0 unspecified atom stereocenters. The van der Waals surface area contributed by atoms with Gasteiger partial charge in [-0.05, 0) is 52.1 Å². The summed E-state index contributed by atoms with van der Waals surface area (Å²) in [5.41, 5.74) is 11.7. The third-order valence-corrected chi connectivity index (χ3v) is 9.01. The van der Waals surface area contributed by atoms with E-state index in [1.54, 1.807) is 0 Å². The second-order valence-electron chi connectivity index (χ2n) is 11.6. The van der Waals surface area contributed by atoms with E-state index in [0.29, 0.717) is 12.8 Å². The van der Waals surface area contributed by atoms with Gasteiger partial charge in [-0.2, -0.15) is 0 Å². The number of nitrogens with two attached hydrogens (primary N) is 1. The predicted molar refractivity (Wildman–Crippen MR) is 179 cm³/mol. The van der Waals surface area contributed by atoms with E-state index in [-0.39, 0.29) is 49.5 Å². The van der Waals surface area contributed by atoms with Crippen molar-refractivity contribution in [3.05, 3.63) is 95.1 Å². The fourth-order valence-corrected chi connectivity index (χ4v) is 6.17. The van der Waals surface area contributed by atoms with Crippen LogP contribution < -0.4 is 16.4 Å². The summed E-state index contributed by atoms with van der Waals surface area (Å²) in [7, 11) is 0. The van der Waals surface area contributed by atoms with Crippen LogP contribution in [0.4, 0.5) is 4.79 Å². The molecule has 0 spiro atoms. The lowest BCUT2D eigenvalue weighted by molar-refractivity contribution is -0.148. The van der Waals surface area contributed by atoms with Gasteiger partial charge in [-0.3, -0.25) is 14.4 Å². The van der Waals surface area contributed by atoms with Crippen molar-refractivity contribution in [1.29, 1.82) is 0 Å². The molecular weight excluding hydrogens is 669 g/mol. The van der Waals surface area contributed by atoms with E-state index in [2.05, 4.69) is 57.5 Å². The number of rotatable bonds is 15. The molecule has 0 saturated heterocycles. The van der Waals surface area contributed by atoms with Crippen molar-refractivity contribution in [1.82, 2.24) is 10.6 Å². The van der Waals surface area contributed by atoms with E-state index in [1.165, 1.54) is 0 Å². The number of hydrogen-bond donors (Lipinski definition) is 3. The molecule has 0 heterocycles. The van der Waals surface area contributed by atoms with Crippen molar-refractivity contribution in [2.75, 3.05) is 13.2 Å². The molecule has 0 radical (unpaired) electrons. The number of esters is 1. The van der Waals surface area contributed by atoms with Crippen LogP contribution in [0.5, 0.6) is 0 Å². The highest BCUT2D eigenvalue weighted by molar-refractivity contribution is 14.1. The highest BCUT2D eigenvalue weighted by atomic mass is 127. The normalized spacial score (nSPS) is 13.5. The van der Waals surface area contributed by atoms with E-state index in [9.17, 15) is 19.2 Å². The molecule has 1 aliphatic rings. The minimum absolute atomic E-state index is 0.0698. The number of carbonyl (C=O) groups is 4. The molecule has 0 aliphatic heterocycles. The van der Waals surface area contributed by atoms with Crippen molar-refractivity contribution in [2.45, 2.75) is 55.9 Å². The minimum atomic E-state index is -0.773. The molecule has 44 heavy (non-hydrogen) atoms. The molecule has 8 nitrogen and oxygen atoms in total. The molecule has 3 amide bonds. The second-order valence-corrected chi connectivity index (χ2v) is 12.3. The van der Waals surface area contributed by atoms with Gasteiger partial charge >= 0.3 is 12.0 Å². The van der Waals surface area contributed by atoms with Gasteiger partial charge in [-0.1, -0.05) is 109 Å².